The maximum absolute atomic E-state index is 13.4. The zero-order chi connectivity index (χ0) is 31.4. The molecule has 0 radical (unpaired) electrons. The Morgan fingerprint density at radius 2 is 1.56 bits per heavy atom. The van der Waals surface area contributed by atoms with Crippen LogP contribution in [0.2, 0.25) is 0 Å². The van der Waals surface area contributed by atoms with Gasteiger partial charge in [-0.1, -0.05) is 36.8 Å². The third kappa shape index (κ3) is 10.1. The number of nitrogens with zero attached hydrogens (tertiary/aromatic N) is 2. The van der Waals surface area contributed by atoms with E-state index in [1.165, 1.54) is 37.9 Å². The van der Waals surface area contributed by atoms with Crippen LogP contribution >= 0.6 is 0 Å². The predicted molar refractivity (Wildman–Crippen MR) is 174 cm³/mol. The highest BCUT2D eigenvalue weighted by atomic mass is 19.1. The van der Waals surface area contributed by atoms with Crippen LogP contribution in [0.1, 0.15) is 50.5 Å². The van der Waals surface area contributed by atoms with Gasteiger partial charge in [0.25, 0.3) is 0 Å². The minimum Gasteiger partial charge on any atom is -0.457 e. The summed E-state index contributed by atoms with van der Waals surface area (Å²) in [4.78, 5) is 31.6. The van der Waals surface area contributed by atoms with Crippen LogP contribution in [0.15, 0.2) is 78.9 Å². The maximum atomic E-state index is 13.4. The molecular formula is C36H45FN4O4. The van der Waals surface area contributed by atoms with Crippen molar-refractivity contribution >= 4 is 17.5 Å². The quantitative estimate of drug-likeness (QED) is 0.232. The fourth-order valence-electron chi connectivity index (χ4n) is 6.27. The fraction of sp³-hybridized carbons (Fsp3) is 0.444. The van der Waals surface area contributed by atoms with Crippen LogP contribution in [-0.4, -0.2) is 73.0 Å². The minimum absolute atomic E-state index is 0.0374. The molecule has 3 atom stereocenters. The zero-order valence-corrected chi connectivity index (χ0v) is 26.1. The lowest BCUT2D eigenvalue weighted by Gasteiger charge is -2.36. The van der Waals surface area contributed by atoms with Crippen LogP contribution in [0.5, 0.6) is 11.5 Å². The molecule has 3 unspecified atom stereocenters. The molecule has 240 valence electrons. The highest BCUT2D eigenvalue weighted by molar-refractivity contribution is 5.97. The van der Waals surface area contributed by atoms with Crippen molar-refractivity contribution in [2.45, 2.75) is 69.7 Å². The summed E-state index contributed by atoms with van der Waals surface area (Å²) in [5, 5.41) is 5.87. The monoisotopic (exact) mass is 616 g/mol. The van der Waals surface area contributed by atoms with Crippen molar-refractivity contribution in [1.82, 2.24) is 15.1 Å². The number of carbonyl (C=O) groups excluding carboxylic acids is 2. The standard InChI is InChI=1S/C36H45FN4O4/c1-40-22-7-11-30(40)16-17-31-10-5-6-23-41(31)24-35(42)39-34(26-44-25-27-8-3-2-4-9-27)36(43)38-29-14-20-33(21-15-29)45-32-18-12-28(37)13-19-32/h2-4,8-9,12-15,18-21,30-31,34H,5-7,10-11,16-17,22-26H2,1H3,(H,38,43)(H,39,42). The summed E-state index contributed by atoms with van der Waals surface area (Å²) in [5.41, 5.74) is 1.55. The molecule has 8 nitrogen and oxygen atoms in total. The molecule has 0 aromatic heterocycles. The van der Waals surface area contributed by atoms with Gasteiger partial charge in [-0.25, -0.2) is 4.39 Å². The normalized spacial score (nSPS) is 19.6. The van der Waals surface area contributed by atoms with Crippen molar-refractivity contribution in [2.75, 3.05) is 38.6 Å². The zero-order valence-electron chi connectivity index (χ0n) is 26.1. The summed E-state index contributed by atoms with van der Waals surface area (Å²) in [5.74, 6) is 0.187. The van der Waals surface area contributed by atoms with E-state index in [9.17, 15) is 14.0 Å². The minimum atomic E-state index is -0.869. The summed E-state index contributed by atoms with van der Waals surface area (Å²) in [6.07, 6.45) is 8.15. The smallest absolute Gasteiger partial charge is 0.249 e. The Morgan fingerprint density at radius 1 is 0.867 bits per heavy atom. The molecule has 0 spiro atoms. The van der Waals surface area contributed by atoms with Crippen molar-refractivity contribution in [3.8, 4) is 11.5 Å². The van der Waals surface area contributed by atoms with Crippen molar-refractivity contribution < 1.29 is 23.5 Å². The van der Waals surface area contributed by atoms with Gasteiger partial charge in [-0.15, -0.1) is 0 Å². The first kappa shape index (κ1) is 32.6. The molecule has 9 heteroatoms. The molecule has 2 fully saturated rings. The third-order valence-corrected chi connectivity index (χ3v) is 8.82. The van der Waals surface area contributed by atoms with Crippen LogP contribution in [0.4, 0.5) is 10.1 Å². The van der Waals surface area contributed by atoms with E-state index in [-0.39, 0.29) is 30.8 Å². The van der Waals surface area contributed by atoms with Gasteiger partial charge >= 0.3 is 0 Å². The van der Waals surface area contributed by atoms with Crippen molar-refractivity contribution in [2.24, 2.45) is 0 Å². The van der Waals surface area contributed by atoms with Gasteiger partial charge in [-0.05, 0) is 113 Å². The number of anilines is 1. The molecule has 0 aliphatic carbocycles. The number of amides is 2. The lowest BCUT2D eigenvalue weighted by Crippen LogP contribution is -2.52. The molecule has 0 bridgehead atoms. The summed E-state index contributed by atoms with van der Waals surface area (Å²) in [7, 11) is 2.21. The average molecular weight is 617 g/mol. The molecule has 2 heterocycles. The largest absolute Gasteiger partial charge is 0.457 e. The Labute approximate surface area is 265 Å². The van der Waals surface area contributed by atoms with Crippen LogP contribution < -0.4 is 15.4 Å². The Bertz CT molecular complexity index is 1360. The Balaban J connectivity index is 1.18. The van der Waals surface area contributed by atoms with Crippen LogP contribution in [-0.2, 0) is 20.9 Å². The number of likely N-dealkylation sites (tertiary alicyclic amines) is 2. The number of carbonyl (C=O) groups is 2. The number of halogens is 1. The second-order valence-electron chi connectivity index (χ2n) is 12.2. The average Bonchev–Trinajstić information content (AvgIpc) is 3.47. The van der Waals surface area contributed by atoms with Gasteiger partial charge in [-0.2, -0.15) is 0 Å². The number of benzene rings is 3. The van der Waals surface area contributed by atoms with Gasteiger partial charge < -0.3 is 25.0 Å². The van der Waals surface area contributed by atoms with E-state index in [2.05, 4.69) is 27.5 Å². The molecule has 2 amide bonds. The molecular weight excluding hydrogens is 571 g/mol. The van der Waals surface area contributed by atoms with E-state index in [1.54, 1.807) is 36.4 Å². The highest BCUT2D eigenvalue weighted by Gasteiger charge is 2.29. The van der Waals surface area contributed by atoms with E-state index in [0.717, 1.165) is 37.8 Å². The number of hydrogen-bond donors (Lipinski definition) is 2. The van der Waals surface area contributed by atoms with Crippen LogP contribution in [0.25, 0.3) is 0 Å². The second-order valence-corrected chi connectivity index (χ2v) is 12.2. The number of rotatable bonds is 14. The first-order valence-corrected chi connectivity index (χ1v) is 16.1. The Hall–Kier alpha value is -3.79. The molecule has 2 saturated heterocycles. The van der Waals surface area contributed by atoms with E-state index >= 15 is 0 Å². The number of piperidine rings is 1. The van der Waals surface area contributed by atoms with Gasteiger partial charge in [0.2, 0.25) is 11.8 Å². The highest BCUT2D eigenvalue weighted by Crippen LogP contribution is 2.26. The lowest BCUT2D eigenvalue weighted by atomic mass is 9.95. The molecule has 0 saturated carbocycles. The first-order chi connectivity index (χ1) is 21.9. The number of ether oxygens (including phenoxy) is 2. The molecule has 5 rings (SSSR count). The fourth-order valence-corrected chi connectivity index (χ4v) is 6.27. The maximum Gasteiger partial charge on any atom is 0.249 e. The topological polar surface area (TPSA) is 83.1 Å². The molecule has 2 aliphatic heterocycles. The molecule has 45 heavy (non-hydrogen) atoms. The van der Waals surface area contributed by atoms with Crippen molar-refractivity contribution in [3.05, 3.63) is 90.2 Å². The molecule has 2 aliphatic rings. The summed E-state index contributed by atoms with van der Waals surface area (Å²) in [6.45, 7) is 2.70. The second kappa shape index (κ2) is 16.5. The first-order valence-electron chi connectivity index (χ1n) is 16.1. The van der Waals surface area contributed by atoms with Gasteiger partial charge in [0.15, 0.2) is 0 Å². The Kier molecular flexibility index (Phi) is 12.0. The van der Waals surface area contributed by atoms with E-state index < -0.39 is 6.04 Å². The number of nitrogens with one attached hydrogen (secondary N) is 2. The predicted octanol–water partition coefficient (Wildman–Crippen LogP) is 5.99. The van der Waals surface area contributed by atoms with Crippen LogP contribution in [0, 0.1) is 5.82 Å². The lowest BCUT2D eigenvalue weighted by molar-refractivity contribution is -0.129. The van der Waals surface area contributed by atoms with E-state index in [1.807, 2.05) is 30.3 Å². The summed E-state index contributed by atoms with van der Waals surface area (Å²) in [6, 6.07) is 22.5. The SMILES string of the molecule is CN1CCCC1CCC1CCCCN1CC(=O)NC(COCc1ccccc1)C(=O)Nc1ccc(Oc2ccc(F)cc2)cc1. The third-order valence-electron chi connectivity index (χ3n) is 8.82. The van der Waals surface area contributed by atoms with Crippen LogP contribution in [0.3, 0.4) is 0 Å². The van der Waals surface area contributed by atoms with Gasteiger partial charge in [0.1, 0.15) is 23.4 Å². The molecule has 3 aromatic rings. The summed E-state index contributed by atoms with van der Waals surface area (Å²) < 4.78 is 24.9. The number of hydrogen-bond acceptors (Lipinski definition) is 6. The molecule has 2 N–H and O–H groups in total. The van der Waals surface area contributed by atoms with E-state index in [0.29, 0.717) is 35.9 Å². The molecule has 3 aromatic carbocycles. The summed E-state index contributed by atoms with van der Waals surface area (Å²) >= 11 is 0. The van der Waals surface area contributed by atoms with Crippen molar-refractivity contribution in [3.63, 3.8) is 0 Å². The van der Waals surface area contributed by atoms with E-state index in [4.69, 9.17) is 9.47 Å². The van der Waals surface area contributed by atoms with Gasteiger partial charge in [0.05, 0.1) is 19.8 Å². The van der Waals surface area contributed by atoms with Gasteiger partial charge in [0, 0.05) is 17.8 Å². The Morgan fingerprint density at radius 3 is 2.27 bits per heavy atom. The van der Waals surface area contributed by atoms with Gasteiger partial charge in [-0.3, -0.25) is 14.5 Å². The van der Waals surface area contributed by atoms with Crippen molar-refractivity contribution in [1.29, 1.82) is 0 Å².